The van der Waals surface area contributed by atoms with Crippen LogP contribution in [0, 0.1) is 11.3 Å². The Morgan fingerprint density at radius 2 is 1.83 bits per heavy atom. The smallest absolute Gasteiger partial charge is 0.142 e. The van der Waals surface area contributed by atoms with Crippen molar-refractivity contribution in [3.63, 3.8) is 0 Å². The topological polar surface area (TPSA) is 62.7 Å². The van der Waals surface area contributed by atoms with Crippen LogP contribution in [0.3, 0.4) is 0 Å². The summed E-state index contributed by atoms with van der Waals surface area (Å²) >= 11 is 0. The number of nitriles is 1. The van der Waals surface area contributed by atoms with Crippen molar-refractivity contribution in [2.75, 3.05) is 5.73 Å². The molecule has 1 aromatic carbocycles. The van der Waals surface area contributed by atoms with E-state index in [-0.39, 0.29) is 0 Å². The molecule has 0 amide bonds. The summed E-state index contributed by atoms with van der Waals surface area (Å²) in [5.74, 6) is 0.358. The average molecular weight is 235 g/mol. The SMILES string of the molecule is N#Cc1c(N)nc(-c2ccccc2)c2c1CCC2. The molecule has 0 saturated heterocycles. The second kappa shape index (κ2) is 4.15. The molecule has 3 rings (SSSR count). The Morgan fingerprint density at radius 1 is 1.11 bits per heavy atom. The van der Waals surface area contributed by atoms with Crippen LogP contribution in [0.4, 0.5) is 5.82 Å². The summed E-state index contributed by atoms with van der Waals surface area (Å²) in [6.07, 6.45) is 3.00. The van der Waals surface area contributed by atoms with Gasteiger partial charge in [-0.3, -0.25) is 0 Å². The van der Waals surface area contributed by atoms with Crippen LogP contribution in [0.15, 0.2) is 30.3 Å². The second-order valence-corrected chi connectivity index (χ2v) is 4.51. The summed E-state index contributed by atoms with van der Waals surface area (Å²) in [6, 6.07) is 12.2. The molecule has 1 aliphatic carbocycles. The molecule has 3 nitrogen and oxygen atoms in total. The Hall–Kier alpha value is -2.34. The maximum atomic E-state index is 9.17. The van der Waals surface area contributed by atoms with E-state index in [1.807, 2.05) is 30.3 Å². The number of anilines is 1. The first-order chi connectivity index (χ1) is 8.81. The molecule has 0 radical (unpaired) electrons. The third-order valence-corrected chi connectivity index (χ3v) is 3.45. The molecule has 1 aliphatic rings. The van der Waals surface area contributed by atoms with Crippen LogP contribution in [0.1, 0.15) is 23.1 Å². The first-order valence-corrected chi connectivity index (χ1v) is 6.08. The lowest BCUT2D eigenvalue weighted by Crippen LogP contribution is -2.03. The van der Waals surface area contributed by atoms with E-state index in [0.29, 0.717) is 11.4 Å². The highest BCUT2D eigenvalue weighted by Gasteiger charge is 2.22. The van der Waals surface area contributed by atoms with Crippen LogP contribution in [0.2, 0.25) is 0 Å². The van der Waals surface area contributed by atoms with Crippen LogP contribution < -0.4 is 5.73 Å². The minimum absolute atomic E-state index is 0.358. The van der Waals surface area contributed by atoms with Crippen molar-refractivity contribution in [2.24, 2.45) is 0 Å². The highest BCUT2D eigenvalue weighted by molar-refractivity contribution is 5.71. The van der Waals surface area contributed by atoms with E-state index in [0.717, 1.165) is 36.1 Å². The minimum atomic E-state index is 0.358. The van der Waals surface area contributed by atoms with Crippen LogP contribution in [0.25, 0.3) is 11.3 Å². The van der Waals surface area contributed by atoms with Gasteiger partial charge in [-0.15, -0.1) is 0 Å². The van der Waals surface area contributed by atoms with Crippen LogP contribution in [-0.4, -0.2) is 4.98 Å². The minimum Gasteiger partial charge on any atom is -0.383 e. The van der Waals surface area contributed by atoms with E-state index in [2.05, 4.69) is 11.1 Å². The Bertz CT molecular complexity index is 639. The molecule has 0 aliphatic heterocycles. The van der Waals surface area contributed by atoms with Crippen molar-refractivity contribution in [3.8, 4) is 17.3 Å². The fourth-order valence-electron chi connectivity index (χ4n) is 2.64. The van der Waals surface area contributed by atoms with Gasteiger partial charge in [-0.25, -0.2) is 4.98 Å². The zero-order chi connectivity index (χ0) is 12.5. The molecule has 0 atom stereocenters. The Labute approximate surface area is 106 Å². The monoisotopic (exact) mass is 235 g/mol. The molecule has 18 heavy (non-hydrogen) atoms. The molecule has 3 heteroatoms. The van der Waals surface area contributed by atoms with E-state index in [4.69, 9.17) is 5.73 Å². The van der Waals surface area contributed by atoms with Crippen molar-refractivity contribution in [1.29, 1.82) is 5.26 Å². The number of nitrogens with two attached hydrogens (primary N) is 1. The van der Waals surface area contributed by atoms with Crippen molar-refractivity contribution >= 4 is 5.82 Å². The quantitative estimate of drug-likeness (QED) is 0.826. The molecular weight excluding hydrogens is 222 g/mol. The van der Waals surface area contributed by atoms with Gasteiger partial charge in [0.25, 0.3) is 0 Å². The van der Waals surface area contributed by atoms with Gasteiger partial charge in [-0.05, 0) is 30.4 Å². The first kappa shape index (κ1) is 10.8. The number of hydrogen-bond acceptors (Lipinski definition) is 3. The van der Waals surface area contributed by atoms with Gasteiger partial charge in [0.2, 0.25) is 0 Å². The summed E-state index contributed by atoms with van der Waals surface area (Å²) in [5, 5.41) is 9.17. The highest BCUT2D eigenvalue weighted by Crippen LogP contribution is 2.34. The van der Waals surface area contributed by atoms with Gasteiger partial charge in [0, 0.05) is 5.56 Å². The Kier molecular flexibility index (Phi) is 2.49. The van der Waals surface area contributed by atoms with Gasteiger partial charge in [0.1, 0.15) is 11.9 Å². The third-order valence-electron chi connectivity index (χ3n) is 3.45. The van der Waals surface area contributed by atoms with Crippen molar-refractivity contribution < 1.29 is 0 Å². The second-order valence-electron chi connectivity index (χ2n) is 4.51. The molecule has 0 bridgehead atoms. The van der Waals surface area contributed by atoms with Crippen molar-refractivity contribution in [3.05, 3.63) is 47.0 Å². The maximum absolute atomic E-state index is 9.17. The summed E-state index contributed by atoms with van der Waals surface area (Å²) in [4.78, 5) is 4.44. The predicted octanol–water partition coefficient (Wildman–Crippen LogP) is 2.69. The van der Waals surface area contributed by atoms with Crippen LogP contribution >= 0.6 is 0 Å². The summed E-state index contributed by atoms with van der Waals surface area (Å²) in [7, 11) is 0. The molecule has 1 aromatic heterocycles. The van der Waals surface area contributed by atoms with Gasteiger partial charge in [-0.2, -0.15) is 5.26 Å². The molecule has 1 heterocycles. The molecular formula is C15H13N3. The van der Waals surface area contributed by atoms with E-state index in [1.165, 1.54) is 5.56 Å². The first-order valence-electron chi connectivity index (χ1n) is 6.08. The predicted molar refractivity (Wildman–Crippen MR) is 70.8 cm³/mol. The zero-order valence-corrected chi connectivity index (χ0v) is 9.98. The number of nitrogen functional groups attached to an aromatic ring is 1. The fraction of sp³-hybridized carbons (Fsp3) is 0.200. The normalized spacial score (nSPS) is 13.1. The lowest BCUT2D eigenvalue weighted by atomic mass is 9.99. The lowest BCUT2D eigenvalue weighted by Gasteiger charge is -2.11. The number of pyridine rings is 1. The Morgan fingerprint density at radius 3 is 2.56 bits per heavy atom. The number of benzene rings is 1. The molecule has 0 spiro atoms. The molecule has 0 fully saturated rings. The van der Waals surface area contributed by atoms with E-state index in [1.54, 1.807) is 0 Å². The molecule has 0 saturated carbocycles. The summed E-state index contributed by atoms with van der Waals surface area (Å²) < 4.78 is 0. The number of nitrogens with zero attached hydrogens (tertiary/aromatic N) is 2. The highest BCUT2D eigenvalue weighted by atomic mass is 14.9. The average Bonchev–Trinajstić information content (AvgIpc) is 2.88. The van der Waals surface area contributed by atoms with E-state index >= 15 is 0 Å². The lowest BCUT2D eigenvalue weighted by molar-refractivity contribution is 0.911. The maximum Gasteiger partial charge on any atom is 0.142 e. The van der Waals surface area contributed by atoms with Crippen LogP contribution in [-0.2, 0) is 12.8 Å². The number of rotatable bonds is 1. The summed E-state index contributed by atoms with van der Waals surface area (Å²) in [6.45, 7) is 0. The van der Waals surface area contributed by atoms with Crippen LogP contribution in [0.5, 0.6) is 0 Å². The van der Waals surface area contributed by atoms with Crippen molar-refractivity contribution in [2.45, 2.75) is 19.3 Å². The Balaban J connectivity index is 2.28. The number of aromatic nitrogens is 1. The molecule has 2 aromatic rings. The number of hydrogen-bond donors (Lipinski definition) is 1. The van der Waals surface area contributed by atoms with Gasteiger partial charge >= 0.3 is 0 Å². The standard InChI is InChI=1S/C15H13N3/c16-9-13-11-7-4-8-12(11)14(18-15(13)17)10-5-2-1-3-6-10/h1-3,5-6H,4,7-8H2,(H2,17,18). The van der Waals surface area contributed by atoms with E-state index < -0.39 is 0 Å². The van der Waals surface area contributed by atoms with E-state index in [9.17, 15) is 5.26 Å². The molecule has 88 valence electrons. The van der Waals surface area contributed by atoms with Gasteiger partial charge in [-0.1, -0.05) is 30.3 Å². The van der Waals surface area contributed by atoms with Gasteiger partial charge in [0.05, 0.1) is 11.3 Å². The largest absolute Gasteiger partial charge is 0.383 e. The summed E-state index contributed by atoms with van der Waals surface area (Å²) in [5.41, 5.74) is 10.8. The van der Waals surface area contributed by atoms with Gasteiger partial charge < -0.3 is 5.73 Å². The van der Waals surface area contributed by atoms with Gasteiger partial charge in [0.15, 0.2) is 0 Å². The molecule has 2 N–H and O–H groups in total. The zero-order valence-electron chi connectivity index (χ0n) is 9.98. The molecule has 0 unspecified atom stereocenters. The third kappa shape index (κ3) is 1.54. The van der Waals surface area contributed by atoms with Crippen molar-refractivity contribution in [1.82, 2.24) is 4.98 Å². The fourth-order valence-corrected chi connectivity index (χ4v) is 2.64. The number of fused-ring (bicyclic) bond motifs is 1.